The maximum absolute atomic E-state index is 3.63. The monoisotopic (exact) mass is 369 g/mol. The average Bonchev–Trinajstić information content (AvgIpc) is 2.84. The largest absolute Gasteiger partial charge is 0.313 e. The van der Waals surface area contributed by atoms with E-state index in [1.165, 1.54) is 19.8 Å². The highest BCUT2D eigenvalue weighted by molar-refractivity contribution is 9.10. The number of hydrogen-bond donors (Lipinski definition) is 1. The third-order valence-electron chi connectivity index (χ3n) is 3.09. The SMILES string of the molecule is CCNC(CSc1ccc(C)cc1)Cc1sccc1Br. The summed E-state index contributed by atoms with van der Waals surface area (Å²) in [7, 11) is 0. The Morgan fingerprint density at radius 3 is 2.60 bits per heavy atom. The highest BCUT2D eigenvalue weighted by Crippen LogP contribution is 2.26. The molecule has 1 heterocycles. The summed E-state index contributed by atoms with van der Waals surface area (Å²) in [5.41, 5.74) is 1.32. The molecule has 2 aromatic rings. The number of nitrogens with one attached hydrogen (secondary N) is 1. The third kappa shape index (κ3) is 4.92. The molecule has 1 N–H and O–H groups in total. The van der Waals surface area contributed by atoms with Crippen molar-refractivity contribution in [2.45, 2.75) is 31.2 Å². The molecule has 0 aliphatic carbocycles. The molecule has 1 nitrogen and oxygen atoms in total. The summed E-state index contributed by atoms with van der Waals surface area (Å²) in [6.07, 6.45) is 1.09. The second-order valence-corrected chi connectivity index (χ2v) is 7.72. The normalized spacial score (nSPS) is 12.6. The van der Waals surface area contributed by atoms with Gasteiger partial charge in [-0.1, -0.05) is 24.6 Å². The van der Waals surface area contributed by atoms with E-state index in [9.17, 15) is 0 Å². The molecular formula is C16H20BrNS2. The molecule has 1 aromatic heterocycles. The first-order valence-corrected chi connectivity index (χ1v) is 9.49. The van der Waals surface area contributed by atoms with E-state index in [1.807, 2.05) is 23.1 Å². The quantitative estimate of drug-likeness (QED) is 0.678. The van der Waals surface area contributed by atoms with Crippen LogP contribution in [0.4, 0.5) is 0 Å². The molecule has 4 heteroatoms. The standard InChI is InChI=1S/C16H20BrNS2/c1-3-18-13(10-16-15(17)8-9-19-16)11-20-14-6-4-12(2)5-7-14/h4-9,13,18H,3,10-11H2,1-2H3. The van der Waals surface area contributed by atoms with Crippen molar-refractivity contribution in [3.63, 3.8) is 0 Å². The smallest absolute Gasteiger partial charge is 0.0314 e. The first-order chi connectivity index (χ1) is 9.69. The second kappa shape index (κ2) is 8.23. The third-order valence-corrected chi connectivity index (χ3v) is 6.21. The number of likely N-dealkylation sites (N-methyl/N-ethyl adjacent to an activating group) is 1. The van der Waals surface area contributed by atoms with Crippen molar-refractivity contribution in [2.75, 3.05) is 12.3 Å². The van der Waals surface area contributed by atoms with Crippen LogP contribution in [0.15, 0.2) is 45.1 Å². The molecule has 0 fully saturated rings. The van der Waals surface area contributed by atoms with Crippen molar-refractivity contribution < 1.29 is 0 Å². The molecule has 1 aromatic carbocycles. The maximum Gasteiger partial charge on any atom is 0.0314 e. The predicted molar refractivity (Wildman–Crippen MR) is 95.1 cm³/mol. The van der Waals surface area contributed by atoms with Gasteiger partial charge in [0.15, 0.2) is 0 Å². The van der Waals surface area contributed by atoms with E-state index in [1.54, 1.807) is 0 Å². The zero-order valence-electron chi connectivity index (χ0n) is 11.9. The molecule has 108 valence electrons. The number of benzene rings is 1. The Morgan fingerprint density at radius 1 is 1.25 bits per heavy atom. The van der Waals surface area contributed by atoms with Crippen LogP contribution in [0.1, 0.15) is 17.4 Å². The number of rotatable bonds is 7. The van der Waals surface area contributed by atoms with E-state index in [-0.39, 0.29) is 0 Å². The van der Waals surface area contributed by atoms with E-state index >= 15 is 0 Å². The Balaban J connectivity index is 1.92. The summed E-state index contributed by atoms with van der Waals surface area (Å²) in [5.74, 6) is 1.10. The highest BCUT2D eigenvalue weighted by Gasteiger charge is 2.12. The van der Waals surface area contributed by atoms with Gasteiger partial charge < -0.3 is 5.32 Å². The highest BCUT2D eigenvalue weighted by atomic mass is 79.9. The molecule has 0 bridgehead atoms. The number of aryl methyl sites for hydroxylation is 1. The molecular weight excluding hydrogens is 350 g/mol. The van der Waals surface area contributed by atoms with Crippen LogP contribution >= 0.6 is 39.0 Å². The first kappa shape index (κ1) is 16.1. The second-order valence-electron chi connectivity index (χ2n) is 4.77. The van der Waals surface area contributed by atoms with E-state index in [0.29, 0.717) is 6.04 Å². The maximum atomic E-state index is 3.63. The molecule has 2 rings (SSSR count). The predicted octanol–water partition coefficient (Wildman–Crippen LogP) is 5.13. The van der Waals surface area contributed by atoms with E-state index < -0.39 is 0 Å². The van der Waals surface area contributed by atoms with Gasteiger partial charge in [0, 0.05) is 26.0 Å². The molecule has 0 aliphatic heterocycles. The molecule has 0 saturated heterocycles. The van der Waals surface area contributed by atoms with Crippen LogP contribution < -0.4 is 5.32 Å². The molecule has 1 atom stereocenters. The van der Waals surface area contributed by atoms with Gasteiger partial charge in [0.25, 0.3) is 0 Å². The van der Waals surface area contributed by atoms with Crippen molar-refractivity contribution >= 4 is 39.0 Å². The fraction of sp³-hybridized carbons (Fsp3) is 0.375. The van der Waals surface area contributed by atoms with Crippen LogP contribution in [-0.2, 0) is 6.42 Å². The van der Waals surface area contributed by atoms with Gasteiger partial charge in [0.2, 0.25) is 0 Å². The Morgan fingerprint density at radius 2 is 2.00 bits per heavy atom. The van der Waals surface area contributed by atoms with Gasteiger partial charge in [0.05, 0.1) is 0 Å². The van der Waals surface area contributed by atoms with Gasteiger partial charge in [-0.25, -0.2) is 0 Å². The van der Waals surface area contributed by atoms with Gasteiger partial charge in [-0.2, -0.15) is 0 Å². The zero-order chi connectivity index (χ0) is 14.4. The minimum Gasteiger partial charge on any atom is -0.313 e. The summed E-state index contributed by atoms with van der Waals surface area (Å²) < 4.78 is 1.24. The number of hydrogen-bond acceptors (Lipinski definition) is 3. The minimum atomic E-state index is 0.515. The number of thioether (sulfide) groups is 1. The van der Waals surface area contributed by atoms with E-state index in [4.69, 9.17) is 0 Å². The summed E-state index contributed by atoms with van der Waals surface area (Å²) in [4.78, 5) is 2.78. The molecule has 20 heavy (non-hydrogen) atoms. The van der Waals surface area contributed by atoms with Crippen LogP contribution in [0.25, 0.3) is 0 Å². The summed E-state index contributed by atoms with van der Waals surface area (Å²) in [6.45, 7) is 5.32. The lowest BCUT2D eigenvalue weighted by Gasteiger charge is -2.17. The van der Waals surface area contributed by atoms with Gasteiger partial charge in [-0.3, -0.25) is 0 Å². The molecule has 1 unspecified atom stereocenters. The fourth-order valence-electron chi connectivity index (χ4n) is 2.00. The van der Waals surface area contributed by atoms with Gasteiger partial charge in [-0.05, 0) is 59.4 Å². The Bertz CT molecular complexity index is 522. The van der Waals surface area contributed by atoms with Crippen LogP contribution in [0.2, 0.25) is 0 Å². The molecule has 0 aliphatic rings. The van der Waals surface area contributed by atoms with Crippen molar-refractivity contribution in [3.8, 4) is 0 Å². The Labute approximate surface area is 138 Å². The molecule has 0 saturated carbocycles. The summed E-state index contributed by atoms with van der Waals surface area (Å²) >= 11 is 7.39. The Kier molecular flexibility index (Phi) is 6.62. The van der Waals surface area contributed by atoms with Crippen LogP contribution in [0.5, 0.6) is 0 Å². The van der Waals surface area contributed by atoms with Crippen molar-refractivity contribution in [1.82, 2.24) is 5.32 Å². The van der Waals surface area contributed by atoms with Crippen molar-refractivity contribution in [3.05, 3.63) is 50.6 Å². The lowest BCUT2D eigenvalue weighted by Crippen LogP contribution is -2.33. The lowest BCUT2D eigenvalue weighted by molar-refractivity contribution is 0.575. The number of thiophene rings is 1. The zero-order valence-corrected chi connectivity index (χ0v) is 15.1. The summed E-state index contributed by atoms with van der Waals surface area (Å²) in [5, 5.41) is 5.74. The van der Waals surface area contributed by atoms with Gasteiger partial charge in [0.1, 0.15) is 0 Å². The average molecular weight is 370 g/mol. The topological polar surface area (TPSA) is 12.0 Å². The Hall–Kier alpha value is -0.290. The first-order valence-electron chi connectivity index (χ1n) is 6.83. The molecule has 0 radical (unpaired) electrons. The fourth-order valence-corrected chi connectivity index (χ4v) is 4.56. The minimum absolute atomic E-state index is 0.515. The number of halogens is 1. The van der Waals surface area contributed by atoms with E-state index in [2.05, 4.69) is 70.8 Å². The summed E-state index contributed by atoms with van der Waals surface area (Å²) in [6, 6.07) is 11.4. The van der Waals surface area contributed by atoms with Crippen molar-refractivity contribution in [2.24, 2.45) is 0 Å². The van der Waals surface area contributed by atoms with Crippen molar-refractivity contribution in [1.29, 1.82) is 0 Å². The van der Waals surface area contributed by atoms with E-state index in [0.717, 1.165) is 18.7 Å². The molecule has 0 spiro atoms. The lowest BCUT2D eigenvalue weighted by atomic mass is 10.2. The molecule has 0 amide bonds. The van der Waals surface area contributed by atoms with Crippen LogP contribution in [0, 0.1) is 6.92 Å². The van der Waals surface area contributed by atoms with Gasteiger partial charge >= 0.3 is 0 Å². The van der Waals surface area contributed by atoms with Crippen LogP contribution in [-0.4, -0.2) is 18.3 Å². The van der Waals surface area contributed by atoms with Crippen LogP contribution in [0.3, 0.4) is 0 Å². The van der Waals surface area contributed by atoms with Gasteiger partial charge in [-0.15, -0.1) is 23.1 Å².